The van der Waals surface area contributed by atoms with E-state index in [1.54, 1.807) is 0 Å². The Bertz CT molecular complexity index is 459. The number of aliphatic imine (C=N–C) groups is 1. The van der Waals surface area contributed by atoms with Crippen LogP contribution in [-0.4, -0.2) is 12.8 Å². The first-order valence-electron chi connectivity index (χ1n) is 7.37. The molecule has 117 valence electrons. The number of hydrogen-bond donors (Lipinski definition) is 1. The van der Waals surface area contributed by atoms with E-state index in [1.807, 2.05) is 57.8 Å². The van der Waals surface area contributed by atoms with E-state index in [4.69, 9.17) is 4.74 Å². The largest absolute Gasteiger partial charge is 0.494 e. The molecule has 0 aromatic heterocycles. The molecule has 0 fully saturated rings. The lowest BCUT2D eigenvalue weighted by atomic mass is 10.1. The highest BCUT2D eigenvalue weighted by Gasteiger charge is 2.09. The van der Waals surface area contributed by atoms with Crippen molar-refractivity contribution in [3.05, 3.63) is 53.6 Å². The number of nitrogens with one attached hydrogen (secondary N) is 1. The van der Waals surface area contributed by atoms with Crippen LogP contribution in [0.5, 0.6) is 0 Å². The van der Waals surface area contributed by atoms with E-state index in [2.05, 4.69) is 17.2 Å². The summed E-state index contributed by atoms with van der Waals surface area (Å²) in [5, 5.41) is 3.17. The Kier molecular flexibility index (Phi) is 9.94. The summed E-state index contributed by atoms with van der Waals surface area (Å²) in [5.41, 5.74) is 2.19. The Morgan fingerprint density at radius 1 is 1.24 bits per heavy atom. The van der Waals surface area contributed by atoms with E-state index in [0.29, 0.717) is 0 Å². The lowest BCUT2D eigenvalue weighted by Crippen LogP contribution is -2.12. The number of hydrogen-bond acceptors (Lipinski definition) is 3. The van der Waals surface area contributed by atoms with Crippen molar-refractivity contribution in [2.45, 2.75) is 40.5 Å². The monoisotopic (exact) mass is 293 g/mol. The Hall–Kier alpha value is -1.84. The minimum Gasteiger partial charge on any atom is -0.494 e. The summed E-state index contributed by atoms with van der Waals surface area (Å²) in [6, 6.07) is 0. The maximum atomic E-state index is 5.63. The van der Waals surface area contributed by atoms with Gasteiger partial charge in [0.1, 0.15) is 11.6 Å². The van der Waals surface area contributed by atoms with Crippen LogP contribution < -0.4 is 5.32 Å². The van der Waals surface area contributed by atoms with Crippen molar-refractivity contribution in [1.82, 2.24) is 5.32 Å². The molecule has 3 nitrogen and oxygen atoms in total. The molecule has 0 unspecified atom stereocenters. The summed E-state index contributed by atoms with van der Waals surface area (Å²) in [6.45, 7) is 8.95. The topological polar surface area (TPSA) is 33.6 Å². The first kappa shape index (κ1) is 19.2. The van der Waals surface area contributed by atoms with Crippen molar-refractivity contribution >= 4 is 6.21 Å². The quantitative estimate of drug-likeness (QED) is 0.778. The third-order valence-corrected chi connectivity index (χ3v) is 2.73. The molecule has 21 heavy (non-hydrogen) atoms. The molecule has 0 aromatic carbocycles. The van der Waals surface area contributed by atoms with Gasteiger partial charge in [-0.25, -0.2) is 4.99 Å². The number of unbranched alkanes of at least 4 members (excludes halogenated alkanes) is 1. The van der Waals surface area contributed by atoms with Crippen LogP contribution in [-0.2, 0) is 4.74 Å². The summed E-state index contributed by atoms with van der Waals surface area (Å²) in [4.78, 5) is 4.36. The van der Waals surface area contributed by atoms with E-state index in [1.165, 1.54) is 0 Å². The molecule has 0 amide bonds. The van der Waals surface area contributed by atoms with Crippen LogP contribution in [0.15, 0.2) is 52.1 Å². The number of halogens is 1. The molecule has 0 spiro atoms. The Balaban J connectivity index is 0.00000128. The van der Waals surface area contributed by atoms with Crippen LogP contribution in [0.4, 0.5) is 4.70 Å². The second kappa shape index (κ2) is 10.9. The Morgan fingerprint density at radius 3 is 2.52 bits per heavy atom. The summed E-state index contributed by atoms with van der Waals surface area (Å²) in [6.07, 6.45) is 14.1. The van der Waals surface area contributed by atoms with Gasteiger partial charge in [0.05, 0.1) is 6.61 Å². The van der Waals surface area contributed by atoms with E-state index < -0.39 is 0 Å². The molecular weight excluding hydrogens is 267 g/mol. The number of nitrogens with zero attached hydrogens (tertiary/aromatic N) is 1. The average Bonchev–Trinajstić information content (AvgIpc) is 2.51. The summed E-state index contributed by atoms with van der Waals surface area (Å²) in [7, 11) is 0. The highest BCUT2D eigenvalue weighted by Crippen LogP contribution is 2.19. The fourth-order valence-corrected chi connectivity index (χ4v) is 1.62. The minimum atomic E-state index is 0. The first-order chi connectivity index (χ1) is 9.79. The van der Waals surface area contributed by atoms with E-state index >= 15 is 0 Å². The molecule has 1 radical (unpaired) electrons. The zero-order chi connectivity index (χ0) is 14.8. The van der Waals surface area contributed by atoms with Gasteiger partial charge in [0, 0.05) is 24.4 Å². The number of ether oxygens (including phenoxy) is 1. The van der Waals surface area contributed by atoms with Gasteiger partial charge in [-0.05, 0) is 31.1 Å². The molecule has 1 heterocycles. The minimum absolute atomic E-state index is 0. The van der Waals surface area contributed by atoms with Gasteiger partial charge in [-0.2, -0.15) is 0 Å². The summed E-state index contributed by atoms with van der Waals surface area (Å²) >= 11 is 0. The SMILES string of the molecule is CC.CCCCOC1=C[CH]/C(=C2/N=CC(C)=CN2)C=C1.F. The molecular formula is C17H26FN2O. The second-order valence-electron chi connectivity index (χ2n) is 4.37. The molecule has 0 atom stereocenters. The van der Waals surface area contributed by atoms with Crippen molar-refractivity contribution < 1.29 is 9.44 Å². The van der Waals surface area contributed by atoms with Crippen molar-refractivity contribution in [3.8, 4) is 0 Å². The molecule has 1 aliphatic heterocycles. The van der Waals surface area contributed by atoms with Crippen molar-refractivity contribution in [3.63, 3.8) is 0 Å². The Morgan fingerprint density at radius 2 is 2.00 bits per heavy atom. The first-order valence-corrected chi connectivity index (χ1v) is 7.37. The molecule has 2 rings (SSSR count). The van der Waals surface area contributed by atoms with E-state index in [0.717, 1.165) is 42.2 Å². The standard InChI is InChI=1S/C15H19N2O.C2H6.FH/c1-3-4-9-18-14-7-5-13(6-8-14)15-16-10-12(2)11-17-15;1-2;/h5-8,10-11,16H,3-4,9H2,1-2H3;1-2H3;1H. The van der Waals surface area contributed by atoms with Gasteiger partial charge in [0.2, 0.25) is 0 Å². The molecule has 1 N–H and O–H groups in total. The molecule has 1 aliphatic carbocycles. The Labute approximate surface area is 127 Å². The van der Waals surface area contributed by atoms with Crippen molar-refractivity contribution in [2.75, 3.05) is 6.61 Å². The lowest BCUT2D eigenvalue weighted by Gasteiger charge is -2.15. The van der Waals surface area contributed by atoms with Crippen LogP contribution in [0.3, 0.4) is 0 Å². The molecule has 0 saturated heterocycles. The number of rotatable bonds is 4. The van der Waals surface area contributed by atoms with E-state index in [9.17, 15) is 0 Å². The van der Waals surface area contributed by atoms with Crippen molar-refractivity contribution in [1.29, 1.82) is 0 Å². The van der Waals surface area contributed by atoms with Gasteiger partial charge < -0.3 is 10.1 Å². The van der Waals surface area contributed by atoms with Gasteiger partial charge in [0.25, 0.3) is 0 Å². The van der Waals surface area contributed by atoms with Gasteiger partial charge >= 0.3 is 0 Å². The van der Waals surface area contributed by atoms with Crippen molar-refractivity contribution in [2.24, 2.45) is 4.99 Å². The van der Waals surface area contributed by atoms with Crippen LogP contribution in [0.1, 0.15) is 40.5 Å². The summed E-state index contributed by atoms with van der Waals surface area (Å²) in [5.74, 6) is 1.79. The smallest absolute Gasteiger partial charge is 0.133 e. The van der Waals surface area contributed by atoms with Gasteiger partial charge in [-0.1, -0.05) is 33.3 Å². The molecule has 0 saturated carbocycles. The fourth-order valence-electron chi connectivity index (χ4n) is 1.62. The van der Waals surface area contributed by atoms with Crippen LogP contribution in [0, 0.1) is 6.42 Å². The van der Waals surface area contributed by atoms with E-state index in [-0.39, 0.29) is 4.70 Å². The zero-order valence-electron chi connectivity index (χ0n) is 13.3. The highest BCUT2D eigenvalue weighted by molar-refractivity contribution is 5.79. The molecule has 4 heteroatoms. The third-order valence-electron chi connectivity index (χ3n) is 2.73. The maximum Gasteiger partial charge on any atom is 0.133 e. The third kappa shape index (κ3) is 6.43. The molecule has 2 aliphatic rings. The van der Waals surface area contributed by atoms with Crippen LogP contribution >= 0.6 is 0 Å². The van der Waals surface area contributed by atoms with Gasteiger partial charge in [0.15, 0.2) is 0 Å². The normalized spacial score (nSPS) is 19.4. The second-order valence-corrected chi connectivity index (χ2v) is 4.37. The average molecular weight is 293 g/mol. The van der Waals surface area contributed by atoms with Gasteiger partial charge in [-0.3, -0.25) is 4.70 Å². The lowest BCUT2D eigenvalue weighted by molar-refractivity contribution is 0.219. The predicted molar refractivity (Wildman–Crippen MR) is 88.6 cm³/mol. The van der Waals surface area contributed by atoms with Crippen LogP contribution in [0.25, 0.3) is 0 Å². The van der Waals surface area contributed by atoms with Crippen LogP contribution in [0.2, 0.25) is 0 Å². The fraction of sp³-hybridized carbons (Fsp3) is 0.412. The predicted octanol–water partition coefficient (Wildman–Crippen LogP) is 4.43. The molecule has 0 bridgehead atoms. The number of allylic oxidation sites excluding steroid dienone is 5. The van der Waals surface area contributed by atoms with Gasteiger partial charge in [-0.15, -0.1) is 0 Å². The molecule has 0 aromatic rings. The zero-order valence-corrected chi connectivity index (χ0v) is 13.3. The maximum absolute atomic E-state index is 5.63. The summed E-state index contributed by atoms with van der Waals surface area (Å²) < 4.78 is 5.63. The highest BCUT2D eigenvalue weighted by atomic mass is 19.0.